The standard InChI is InChI=1S/C10H12O3/c1-3-13-8-4-6-9(11)10(12-2)7-5-8/h4-7H,3H2,1-2H3. The van der Waals surface area contributed by atoms with Gasteiger partial charge in [0.05, 0.1) is 13.7 Å². The van der Waals surface area contributed by atoms with Gasteiger partial charge in [0.1, 0.15) is 5.75 Å². The molecule has 0 fully saturated rings. The van der Waals surface area contributed by atoms with Crippen LogP contribution in [0.2, 0.25) is 0 Å². The van der Waals surface area contributed by atoms with Gasteiger partial charge in [-0.1, -0.05) is 0 Å². The fourth-order valence-electron chi connectivity index (χ4n) is 0.967. The maximum Gasteiger partial charge on any atom is 0.220 e. The Kier molecular flexibility index (Phi) is 3.31. The summed E-state index contributed by atoms with van der Waals surface area (Å²) in [7, 11) is 1.47. The van der Waals surface area contributed by atoms with Gasteiger partial charge < -0.3 is 9.47 Å². The third kappa shape index (κ3) is 2.47. The number of ether oxygens (including phenoxy) is 2. The summed E-state index contributed by atoms with van der Waals surface area (Å²) in [6.07, 6.45) is 0. The van der Waals surface area contributed by atoms with Crippen LogP contribution >= 0.6 is 0 Å². The number of rotatable bonds is 3. The van der Waals surface area contributed by atoms with E-state index in [1.54, 1.807) is 18.2 Å². The fraction of sp³-hybridized carbons (Fsp3) is 0.300. The van der Waals surface area contributed by atoms with Crippen LogP contribution in [0.5, 0.6) is 11.5 Å². The molecule has 0 aliphatic rings. The molecule has 0 heterocycles. The van der Waals surface area contributed by atoms with Crippen molar-refractivity contribution in [3.63, 3.8) is 0 Å². The minimum absolute atomic E-state index is 0.145. The Balaban J connectivity index is 3.08. The maximum absolute atomic E-state index is 11.2. The summed E-state index contributed by atoms with van der Waals surface area (Å²) < 4.78 is 10.1. The first-order chi connectivity index (χ1) is 6.27. The average Bonchev–Trinajstić information content (AvgIpc) is 2.30. The van der Waals surface area contributed by atoms with Gasteiger partial charge in [-0.15, -0.1) is 0 Å². The highest BCUT2D eigenvalue weighted by Gasteiger charge is 1.95. The molecule has 0 N–H and O–H groups in total. The molecule has 1 aromatic carbocycles. The molecule has 0 aliphatic heterocycles. The van der Waals surface area contributed by atoms with E-state index < -0.39 is 0 Å². The summed E-state index contributed by atoms with van der Waals surface area (Å²) in [5.41, 5.74) is -0.145. The predicted octanol–water partition coefficient (Wildman–Crippen LogP) is 1.45. The van der Waals surface area contributed by atoms with Crippen LogP contribution in [0.25, 0.3) is 0 Å². The van der Waals surface area contributed by atoms with Crippen molar-refractivity contribution in [2.75, 3.05) is 13.7 Å². The van der Waals surface area contributed by atoms with Crippen molar-refractivity contribution in [1.82, 2.24) is 0 Å². The van der Waals surface area contributed by atoms with E-state index >= 15 is 0 Å². The molecule has 0 bridgehead atoms. The van der Waals surface area contributed by atoms with E-state index in [-0.39, 0.29) is 5.43 Å². The van der Waals surface area contributed by atoms with E-state index in [0.717, 1.165) is 0 Å². The molecule has 3 heteroatoms. The van der Waals surface area contributed by atoms with Crippen molar-refractivity contribution in [3.8, 4) is 11.5 Å². The van der Waals surface area contributed by atoms with Gasteiger partial charge in [-0.05, 0) is 31.2 Å². The number of methoxy groups -OCH3 is 1. The Bertz CT molecular complexity index is 333. The van der Waals surface area contributed by atoms with Crippen molar-refractivity contribution in [2.24, 2.45) is 0 Å². The van der Waals surface area contributed by atoms with Crippen LogP contribution in [-0.4, -0.2) is 13.7 Å². The molecule has 0 unspecified atom stereocenters. The Morgan fingerprint density at radius 2 is 1.92 bits per heavy atom. The second-order valence-corrected chi connectivity index (χ2v) is 2.43. The van der Waals surface area contributed by atoms with Crippen molar-refractivity contribution < 1.29 is 9.47 Å². The highest BCUT2D eigenvalue weighted by atomic mass is 16.5. The molecule has 0 aliphatic carbocycles. The zero-order chi connectivity index (χ0) is 9.68. The molecule has 1 aromatic rings. The molecule has 1 rings (SSSR count). The van der Waals surface area contributed by atoms with Crippen molar-refractivity contribution in [3.05, 3.63) is 34.5 Å². The number of hydrogen-bond donors (Lipinski definition) is 0. The summed E-state index contributed by atoms with van der Waals surface area (Å²) >= 11 is 0. The third-order valence-corrected chi connectivity index (χ3v) is 1.57. The smallest absolute Gasteiger partial charge is 0.220 e. The average molecular weight is 180 g/mol. The lowest BCUT2D eigenvalue weighted by atomic mass is 10.5. The summed E-state index contributed by atoms with van der Waals surface area (Å²) in [5.74, 6) is 0.994. The van der Waals surface area contributed by atoms with Crippen LogP contribution in [0.15, 0.2) is 29.1 Å². The predicted molar refractivity (Wildman–Crippen MR) is 50.4 cm³/mol. The van der Waals surface area contributed by atoms with Crippen LogP contribution in [0.1, 0.15) is 6.92 Å². The van der Waals surface area contributed by atoms with Crippen LogP contribution in [0, 0.1) is 0 Å². The molecule has 13 heavy (non-hydrogen) atoms. The minimum Gasteiger partial charge on any atom is -0.494 e. The Morgan fingerprint density at radius 3 is 2.54 bits per heavy atom. The van der Waals surface area contributed by atoms with Gasteiger partial charge in [-0.25, -0.2) is 0 Å². The van der Waals surface area contributed by atoms with Gasteiger partial charge in [0.2, 0.25) is 5.43 Å². The van der Waals surface area contributed by atoms with Crippen LogP contribution < -0.4 is 14.9 Å². The van der Waals surface area contributed by atoms with Gasteiger partial charge in [-0.3, -0.25) is 4.79 Å². The summed E-state index contributed by atoms with van der Waals surface area (Å²) in [6, 6.07) is 6.38. The highest BCUT2D eigenvalue weighted by Crippen LogP contribution is 2.09. The van der Waals surface area contributed by atoms with Gasteiger partial charge >= 0.3 is 0 Å². The Morgan fingerprint density at radius 1 is 1.23 bits per heavy atom. The van der Waals surface area contributed by atoms with E-state index in [0.29, 0.717) is 18.1 Å². The molecule has 0 atom stereocenters. The first kappa shape index (κ1) is 9.58. The normalized spacial score (nSPS) is 9.38. The van der Waals surface area contributed by atoms with Crippen LogP contribution in [0.4, 0.5) is 0 Å². The molecule has 0 saturated heterocycles. The topological polar surface area (TPSA) is 35.5 Å². The highest BCUT2D eigenvalue weighted by molar-refractivity contribution is 5.28. The molecule has 70 valence electrons. The molecule has 0 saturated carbocycles. The van der Waals surface area contributed by atoms with E-state index in [1.807, 2.05) is 6.92 Å². The van der Waals surface area contributed by atoms with Crippen LogP contribution in [0.3, 0.4) is 0 Å². The Labute approximate surface area is 76.9 Å². The molecule has 0 radical (unpaired) electrons. The summed E-state index contributed by atoms with van der Waals surface area (Å²) in [4.78, 5) is 11.2. The largest absolute Gasteiger partial charge is 0.494 e. The summed E-state index contributed by atoms with van der Waals surface area (Å²) in [6.45, 7) is 2.48. The van der Waals surface area contributed by atoms with E-state index in [4.69, 9.17) is 9.47 Å². The third-order valence-electron chi connectivity index (χ3n) is 1.57. The second-order valence-electron chi connectivity index (χ2n) is 2.43. The van der Waals surface area contributed by atoms with E-state index in [1.165, 1.54) is 13.2 Å². The van der Waals surface area contributed by atoms with E-state index in [2.05, 4.69) is 0 Å². The molecule has 0 spiro atoms. The van der Waals surface area contributed by atoms with Gasteiger partial charge in [0.25, 0.3) is 0 Å². The van der Waals surface area contributed by atoms with Crippen LogP contribution in [-0.2, 0) is 0 Å². The van der Waals surface area contributed by atoms with E-state index in [9.17, 15) is 4.79 Å². The van der Waals surface area contributed by atoms with Gasteiger partial charge in [-0.2, -0.15) is 0 Å². The van der Waals surface area contributed by atoms with Gasteiger partial charge in [0.15, 0.2) is 5.75 Å². The lowest BCUT2D eigenvalue weighted by molar-refractivity contribution is 0.340. The lowest BCUT2D eigenvalue weighted by Crippen LogP contribution is -1.98. The minimum atomic E-state index is -0.145. The number of hydrogen-bond acceptors (Lipinski definition) is 3. The molecule has 0 amide bonds. The Hall–Kier alpha value is -1.51. The maximum atomic E-state index is 11.2. The second kappa shape index (κ2) is 4.50. The first-order valence-corrected chi connectivity index (χ1v) is 4.09. The monoisotopic (exact) mass is 180 g/mol. The lowest BCUT2D eigenvalue weighted by Gasteiger charge is -1.97. The zero-order valence-electron chi connectivity index (χ0n) is 7.74. The van der Waals surface area contributed by atoms with Crippen molar-refractivity contribution >= 4 is 0 Å². The molecular formula is C10H12O3. The quantitative estimate of drug-likeness (QED) is 0.706. The van der Waals surface area contributed by atoms with Crippen molar-refractivity contribution in [2.45, 2.75) is 6.92 Å². The summed E-state index contributed by atoms with van der Waals surface area (Å²) in [5, 5.41) is 0. The van der Waals surface area contributed by atoms with Gasteiger partial charge in [0, 0.05) is 0 Å². The zero-order valence-corrected chi connectivity index (χ0v) is 7.74. The molecular weight excluding hydrogens is 168 g/mol. The fourth-order valence-corrected chi connectivity index (χ4v) is 0.967. The van der Waals surface area contributed by atoms with Crippen molar-refractivity contribution in [1.29, 1.82) is 0 Å². The molecule has 0 aromatic heterocycles. The molecule has 3 nitrogen and oxygen atoms in total. The SMILES string of the molecule is CCOc1ccc(OC)c(=O)cc1. The first-order valence-electron chi connectivity index (χ1n) is 4.09.